The van der Waals surface area contributed by atoms with Crippen LogP contribution in [0.25, 0.3) is 0 Å². The number of esters is 1. The Morgan fingerprint density at radius 1 is 1.43 bits per heavy atom. The van der Waals surface area contributed by atoms with Crippen LogP contribution in [0, 0.1) is 10.1 Å². The van der Waals surface area contributed by atoms with Gasteiger partial charge in [-0.3, -0.25) is 19.7 Å². The van der Waals surface area contributed by atoms with Crippen molar-refractivity contribution in [2.45, 2.75) is 18.6 Å². The summed E-state index contributed by atoms with van der Waals surface area (Å²) in [5.74, 6) is -0.986. The van der Waals surface area contributed by atoms with Crippen LogP contribution in [0.3, 0.4) is 0 Å². The van der Waals surface area contributed by atoms with Crippen molar-refractivity contribution >= 4 is 40.1 Å². The molecule has 9 heteroatoms. The highest BCUT2D eigenvalue weighted by Crippen LogP contribution is 2.33. The highest BCUT2D eigenvalue weighted by molar-refractivity contribution is 8.14. The van der Waals surface area contributed by atoms with Crippen molar-refractivity contribution in [2.24, 2.45) is 0 Å². The van der Waals surface area contributed by atoms with Crippen LogP contribution in [-0.4, -0.2) is 40.8 Å². The molecule has 0 aromatic heterocycles. The zero-order valence-corrected chi connectivity index (χ0v) is 13.3. The third-order valence-electron chi connectivity index (χ3n) is 3.31. The molecule has 2 rings (SSSR count). The first-order valence-corrected chi connectivity index (χ1v) is 7.55. The number of carbonyl (C=O) groups excluding carboxylic acids is 3. The first kappa shape index (κ1) is 16.9. The van der Waals surface area contributed by atoms with Crippen molar-refractivity contribution < 1.29 is 24.0 Å². The first-order chi connectivity index (χ1) is 10.8. The van der Waals surface area contributed by atoms with Gasteiger partial charge in [-0.05, 0) is 6.07 Å². The fourth-order valence-corrected chi connectivity index (χ4v) is 3.28. The summed E-state index contributed by atoms with van der Waals surface area (Å²) in [6, 6.07) is 3.61. The summed E-state index contributed by atoms with van der Waals surface area (Å²) in [4.78, 5) is 46.9. The number of nitro groups is 1. The predicted molar refractivity (Wildman–Crippen MR) is 83.5 cm³/mol. The number of rotatable bonds is 4. The van der Waals surface area contributed by atoms with E-state index >= 15 is 0 Å². The lowest BCUT2D eigenvalue weighted by atomic mass is 10.1. The number of methoxy groups -OCH3 is 1. The Bertz CT molecular complexity index is 690. The number of non-ortho nitro benzene ring substituents is 1. The summed E-state index contributed by atoms with van der Waals surface area (Å²) in [6.45, 7) is 1.61. The first-order valence-electron chi connectivity index (χ1n) is 6.67. The molecule has 0 aliphatic carbocycles. The van der Waals surface area contributed by atoms with Gasteiger partial charge in [-0.25, -0.2) is 4.79 Å². The van der Waals surface area contributed by atoms with E-state index in [2.05, 4.69) is 4.74 Å². The molecule has 1 saturated heterocycles. The lowest BCUT2D eigenvalue weighted by Gasteiger charge is -2.19. The molecule has 0 spiro atoms. The minimum absolute atomic E-state index is 0.0694. The number of hydrogen-bond donors (Lipinski definition) is 0. The van der Waals surface area contributed by atoms with Crippen molar-refractivity contribution in [1.29, 1.82) is 0 Å². The van der Waals surface area contributed by atoms with Gasteiger partial charge in [-0.1, -0.05) is 11.8 Å². The molecule has 1 heterocycles. The summed E-state index contributed by atoms with van der Waals surface area (Å²) in [5.41, 5.74) is -0.0363. The Morgan fingerprint density at radius 3 is 2.70 bits per heavy atom. The van der Waals surface area contributed by atoms with Crippen molar-refractivity contribution in [3.05, 3.63) is 33.9 Å². The number of carbonyl (C=O) groups is 3. The molecule has 1 unspecified atom stereocenters. The highest BCUT2D eigenvalue weighted by Gasteiger charge is 2.34. The van der Waals surface area contributed by atoms with Crippen molar-refractivity contribution in [3.63, 3.8) is 0 Å². The minimum atomic E-state index is -0.689. The van der Waals surface area contributed by atoms with E-state index in [1.165, 1.54) is 37.1 Å². The monoisotopic (exact) mass is 338 g/mol. The van der Waals surface area contributed by atoms with Crippen LogP contribution in [0.2, 0.25) is 0 Å². The van der Waals surface area contributed by atoms with E-state index in [0.29, 0.717) is 0 Å². The average molecular weight is 338 g/mol. The van der Waals surface area contributed by atoms with E-state index in [-0.39, 0.29) is 46.2 Å². The van der Waals surface area contributed by atoms with Crippen molar-refractivity contribution in [2.75, 3.05) is 18.6 Å². The van der Waals surface area contributed by atoms with Gasteiger partial charge >= 0.3 is 5.97 Å². The van der Waals surface area contributed by atoms with Crippen LogP contribution >= 0.6 is 11.8 Å². The maximum atomic E-state index is 12.2. The summed E-state index contributed by atoms with van der Waals surface area (Å²) >= 11 is 1.04. The Hall–Kier alpha value is -2.42. The van der Waals surface area contributed by atoms with Crippen molar-refractivity contribution in [1.82, 2.24) is 0 Å². The van der Waals surface area contributed by atoms with Gasteiger partial charge in [0.05, 0.1) is 23.3 Å². The number of hydrogen-bond acceptors (Lipinski definition) is 7. The normalized spacial score (nSPS) is 17.2. The Morgan fingerprint density at radius 2 is 2.13 bits per heavy atom. The van der Waals surface area contributed by atoms with Gasteiger partial charge in [0.2, 0.25) is 5.91 Å². The van der Waals surface area contributed by atoms with Gasteiger partial charge in [0.25, 0.3) is 5.69 Å². The van der Waals surface area contributed by atoms with Gasteiger partial charge in [-0.15, -0.1) is 0 Å². The number of ether oxygens (including phenoxy) is 1. The maximum absolute atomic E-state index is 12.2. The van der Waals surface area contributed by atoms with Crippen LogP contribution in [0.1, 0.15) is 23.7 Å². The van der Waals surface area contributed by atoms with Gasteiger partial charge < -0.3 is 9.64 Å². The van der Waals surface area contributed by atoms with Gasteiger partial charge in [0.15, 0.2) is 5.12 Å². The molecule has 122 valence electrons. The quantitative estimate of drug-likeness (QED) is 0.468. The smallest absolute Gasteiger partial charge is 0.339 e. The summed E-state index contributed by atoms with van der Waals surface area (Å²) in [6.07, 6.45) is 0.132. The van der Waals surface area contributed by atoms with Crippen LogP contribution < -0.4 is 4.90 Å². The van der Waals surface area contributed by atoms with Crippen LogP contribution in [-0.2, 0) is 14.3 Å². The molecule has 0 bridgehead atoms. The van der Waals surface area contributed by atoms with Crippen LogP contribution in [0.15, 0.2) is 18.2 Å². The summed E-state index contributed by atoms with van der Waals surface area (Å²) in [7, 11) is 1.19. The number of thioether (sulfide) groups is 1. The molecule has 1 aliphatic rings. The number of nitrogens with zero attached hydrogens (tertiary/aromatic N) is 2. The summed E-state index contributed by atoms with van der Waals surface area (Å²) in [5, 5.41) is 10.6. The molecule has 0 saturated carbocycles. The van der Waals surface area contributed by atoms with E-state index in [1.807, 2.05) is 0 Å². The molecule has 1 aliphatic heterocycles. The molecule has 1 amide bonds. The maximum Gasteiger partial charge on any atom is 0.339 e. The topological polar surface area (TPSA) is 107 Å². The number of amides is 1. The largest absolute Gasteiger partial charge is 0.465 e. The number of nitro benzene ring substituents is 1. The average Bonchev–Trinajstić information content (AvgIpc) is 2.85. The third kappa shape index (κ3) is 3.67. The van der Waals surface area contributed by atoms with Crippen molar-refractivity contribution in [3.8, 4) is 0 Å². The van der Waals surface area contributed by atoms with E-state index in [0.717, 1.165) is 11.8 Å². The second-order valence-electron chi connectivity index (χ2n) is 4.89. The predicted octanol–water partition coefficient (Wildman–Crippen LogP) is 1.77. The van der Waals surface area contributed by atoms with Gasteiger partial charge in [-0.2, -0.15) is 0 Å². The van der Waals surface area contributed by atoms with E-state index in [1.54, 1.807) is 0 Å². The molecule has 0 N–H and O–H groups in total. The second-order valence-corrected chi connectivity index (χ2v) is 6.37. The van der Waals surface area contributed by atoms with Crippen LogP contribution in [0.4, 0.5) is 11.4 Å². The number of benzene rings is 1. The fourth-order valence-electron chi connectivity index (χ4n) is 2.36. The lowest BCUT2D eigenvalue weighted by Crippen LogP contribution is -2.27. The SMILES string of the molecule is COC(=O)c1ccc([N+](=O)[O-])cc1N1CC(SC(C)=O)CC1=O. The Kier molecular flexibility index (Phi) is 4.99. The molecule has 0 radical (unpaired) electrons. The third-order valence-corrected chi connectivity index (χ3v) is 4.29. The standard InChI is InChI=1S/C14H14N2O6S/c1-8(17)23-10-6-13(18)15(7-10)12-5-9(16(20)21)3-4-11(12)14(19)22-2/h3-5,10H,6-7H2,1-2H3. The summed E-state index contributed by atoms with van der Waals surface area (Å²) < 4.78 is 4.66. The fraction of sp³-hybridized carbons (Fsp3) is 0.357. The zero-order valence-electron chi connectivity index (χ0n) is 12.5. The minimum Gasteiger partial charge on any atom is -0.465 e. The van der Waals surface area contributed by atoms with Gasteiger partial charge in [0, 0.05) is 37.3 Å². The highest BCUT2D eigenvalue weighted by atomic mass is 32.2. The zero-order chi connectivity index (χ0) is 17.1. The molecule has 23 heavy (non-hydrogen) atoms. The molecular weight excluding hydrogens is 324 g/mol. The molecular formula is C14H14N2O6S. The lowest BCUT2D eigenvalue weighted by molar-refractivity contribution is -0.384. The second kappa shape index (κ2) is 6.78. The van der Waals surface area contributed by atoms with E-state index in [9.17, 15) is 24.5 Å². The number of anilines is 1. The molecule has 1 aromatic carbocycles. The molecule has 1 aromatic rings. The molecule has 8 nitrogen and oxygen atoms in total. The Labute approximate surface area is 135 Å². The van der Waals surface area contributed by atoms with E-state index < -0.39 is 10.9 Å². The molecule has 1 fully saturated rings. The Balaban J connectivity index is 2.41. The van der Waals surface area contributed by atoms with E-state index in [4.69, 9.17) is 0 Å². The molecule has 1 atom stereocenters. The van der Waals surface area contributed by atoms with Gasteiger partial charge in [0.1, 0.15) is 0 Å². The van der Waals surface area contributed by atoms with Crippen LogP contribution in [0.5, 0.6) is 0 Å².